The Labute approximate surface area is 200 Å². The summed E-state index contributed by atoms with van der Waals surface area (Å²) in [5.41, 5.74) is 5.55. The van der Waals surface area contributed by atoms with Crippen LogP contribution in [0.2, 0.25) is 0 Å². The third-order valence-electron chi connectivity index (χ3n) is 6.92. The molecule has 0 radical (unpaired) electrons. The highest BCUT2D eigenvalue weighted by molar-refractivity contribution is 5.94. The molecule has 2 aliphatic rings. The first-order valence-electron chi connectivity index (χ1n) is 12.1. The van der Waals surface area contributed by atoms with Crippen LogP contribution in [0.5, 0.6) is 0 Å². The smallest absolute Gasteiger partial charge is 0.317 e. The Morgan fingerprint density at radius 2 is 1.85 bits per heavy atom. The maximum atomic E-state index is 13.3. The van der Waals surface area contributed by atoms with Gasteiger partial charge in [-0.25, -0.2) is 0 Å². The molecule has 1 aromatic rings. The molecule has 2 aliphatic carbocycles. The van der Waals surface area contributed by atoms with Crippen molar-refractivity contribution in [3.8, 4) is 0 Å². The summed E-state index contributed by atoms with van der Waals surface area (Å²) in [5, 5.41) is 25.3. The largest absolute Gasteiger partial charge is 0.480 e. The number of carboxylic acids is 1. The molecule has 1 heterocycles. The molecule has 3 rings (SSSR count). The van der Waals surface area contributed by atoms with Gasteiger partial charge in [0, 0.05) is 12.7 Å². The van der Waals surface area contributed by atoms with Crippen LogP contribution < -0.4 is 21.7 Å². The second-order valence-electron chi connectivity index (χ2n) is 9.49. The minimum Gasteiger partial charge on any atom is -0.480 e. The first-order chi connectivity index (χ1) is 16.3. The molecule has 2 fully saturated rings. The number of carboxylic acid groups (broad SMARTS) is 1. The van der Waals surface area contributed by atoms with Crippen molar-refractivity contribution in [1.29, 1.82) is 5.41 Å². The number of carbonyl (C=O) groups is 3. The van der Waals surface area contributed by atoms with Crippen LogP contribution in [0.3, 0.4) is 0 Å². The second-order valence-corrected chi connectivity index (χ2v) is 9.49. The van der Waals surface area contributed by atoms with E-state index in [0.29, 0.717) is 30.9 Å². The number of aliphatic carboxylic acids is 1. The minimum absolute atomic E-state index is 0.123. The van der Waals surface area contributed by atoms with Crippen molar-refractivity contribution in [2.24, 2.45) is 11.7 Å². The number of aromatic nitrogens is 1. The van der Waals surface area contributed by atoms with Crippen LogP contribution >= 0.6 is 0 Å². The average molecular weight is 473 g/mol. The quantitative estimate of drug-likeness (QED) is 0.209. The zero-order chi connectivity index (χ0) is 24.6. The van der Waals surface area contributed by atoms with Gasteiger partial charge in [-0.3, -0.25) is 30.1 Å². The van der Waals surface area contributed by atoms with Crippen LogP contribution in [-0.4, -0.2) is 51.8 Å². The molecule has 0 aliphatic heterocycles. The Hall–Kier alpha value is -3.01. The summed E-state index contributed by atoms with van der Waals surface area (Å²) in [5.74, 6) is -1.31. The highest BCUT2D eigenvalue weighted by atomic mass is 16.4. The van der Waals surface area contributed by atoms with Gasteiger partial charge in [-0.1, -0.05) is 51.0 Å². The van der Waals surface area contributed by atoms with E-state index in [1.165, 1.54) is 6.42 Å². The van der Waals surface area contributed by atoms with Gasteiger partial charge in [0.2, 0.25) is 11.8 Å². The van der Waals surface area contributed by atoms with E-state index in [2.05, 4.69) is 20.9 Å². The molecule has 0 spiro atoms. The lowest BCUT2D eigenvalue weighted by molar-refractivity contribution is -0.137. The maximum Gasteiger partial charge on any atom is 0.317 e. The maximum absolute atomic E-state index is 13.3. The number of nitrogen functional groups attached to an aromatic ring is 1. The van der Waals surface area contributed by atoms with Crippen LogP contribution in [0.15, 0.2) is 18.3 Å². The van der Waals surface area contributed by atoms with Gasteiger partial charge in [0.25, 0.3) is 0 Å². The molecule has 1 aromatic heterocycles. The number of amidine groups is 1. The third kappa shape index (κ3) is 6.99. The van der Waals surface area contributed by atoms with Crippen molar-refractivity contribution >= 4 is 23.6 Å². The lowest BCUT2D eigenvalue weighted by atomic mass is 9.84. The first kappa shape index (κ1) is 25.6. The van der Waals surface area contributed by atoms with Gasteiger partial charge in [0.15, 0.2) is 0 Å². The molecule has 2 saturated carbocycles. The number of rotatable bonds is 11. The molecule has 0 unspecified atom stereocenters. The van der Waals surface area contributed by atoms with E-state index in [0.717, 1.165) is 44.1 Å². The lowest BCUT2D eigenvalue weighted by Gasteiger charge is -2.32. The Balaban J connectivity index is 1.64. The van der Waals surface area contributed by atoms with E-state index >= 15 is 0 Å². The molecular weight excluding hydrogens is 436 g/mol. The molecule has 0 aromatic carbocycles. The molecular formula is C24H36N6O4. The van der Waals surface area contributed by atoms with Crippen LogP contribution in [0, 0.1) is 11.3 Å². The summed E-state index contributed by atoms with van der Waals surface area (Å²) >= 11 is 0. The molecule has 34 heavy (non-hydrogen) atoms. The monoisotopic (exact) mass is 472 g/mol. The Morgan fingerprint density at radius 3 is 2.44 bits per heavy atom. The number of hydrogen-bond acceptors (Lipinski definition) is 6. The van der Waals surface area contributed by atoms with Crippen molar-refractivity contribution in [2.45, 2.75) is 82.3 Å². The number of amides is 2. The van der Waals surface area contributed by atoms with Crippen molar-refractivity contribution in [3.63, 3.8) is 0 Å². The predicted molar refractivity (Wildman–Crippen MR) is 127 cm³/mol. The standard InChI is InChI=1S/C24H36N6O4/c25-21(26)18-9-8-17(13-27-18)14-29-23(34)24(10-4-5-11-24)30-22(33)19(28-15-20(31)32)12-16-6-2-1-3-7-16/h8-9,13,16,19,28H,1-7,10-12,14-15H2,(H3,25,26)(H,29,34)(H,30,33)(H,31,32)/t19-/m1/s1. The first-order valence-corrected chi connectivity index (χ1v) is 12.1. The van der Waals surface area contributed by atoms with Crippen LogP contribution in [0.25, 0.3) is 0 Å². The molecule has 7 N–H and O–H groups in total. The lowest BCUT2D eigenvalue weighted by Crippen LogP contribution is -2.61. The zero-order valence-corrected chi connectivity index (χ0v) is 19.6. The van der Waals surface area contributed by atoms with Crippen LogP contribution in [0.4, 0.5) is 0 Å². The van der Waals surface area contributed by atoms with E-state index in [1.807, 2.05) is 0 Å². The van der Waals surface area contributed by atoms with Gasteiger partial charge in [-0.05, 0) is 36.8 Å². The van der Waals surface area contributed by atoms with Gasteiger partial charge in [0.1, 0.15) is 17.1 Å². The Kier molecular flexibility index (Phi) is 8.98. The van der Waals surface area contributed by atoms with Gasteiger partial charge < -0.3 is 21.5 Å². The third-order valence-corrected chi connectivity index (χ3v) is 6.92. The second kappa shape index (κ2) is 11.9. The van der Waals surface area contributed by atoms with Crippen molar-refractivity contribution in [3.05, 3.63) is 29.6 Å². The van der Waals surface area contributed by atoms with E-state index in [4.69, 9.17) is 16.2 Å². The highest BCUT2D eigenvalue weighted by Gasteiger charge is 2.43. The number of carbonyl (C=O) groups excluding carboxylic acids is 2. The Morgan fingerprint density at radius 1 is 1.15 bits per heavy atom. The summed E-state index contributed by atoms with van der Waals surface area (Å²) in [4.78, 5) is 41.7. The predicted octanol–water partition coefficient (Wildman–Crippen LogP) is 1.42. The molecule has 0 saturated heterocycles. The molecule has 1 atom stereocenters. The van der Waals surface area contributed by atoms with Crippen molar-refractivity contribution in [1.82, 2.24) is 20.9 Å². The number of hydrogen-bond donors (Lipinski definition) is 6. The number of nitrogens with one attached hydrogen (secondary N) is 4. The zero-order valence-electron chi connectivity index (χ0n) is 19.6. The number of nitrogens with two attached hydrogens (primary N) is 1. The fraction of sp³-hybridized carbons (Fsp3) is 0.625. The van der Waals surface area contributed by atoms with Crippen molar-refractivity contribution in [2.75, 3.05) is 6.54 Å². The van der Waals surface area contributed by atoms with Gasteiger partial charge in [-0.15, -0.1) is 0 Å². The summed E-state index contributed by atoms with van der Waals surface area (Å²) in [6.45, 7) is -0.0579. The van der Waals surface area contributed by atoms with Gasteiger partial charge in [-0.2, -0.15) is 0 Å². The van der Waals surface area contributed by atoms with Crippen molar-refractivity contribution < 1.29 is 19.5 Å². The topological polar surface area (TPSA) is 170 Å². The molecule has 10 nitrogen and oxygen atoms in total. The number of nitrogens with zero attached hydrogens (tertiary/aromatic N) is 1. The fourth-order valence-electron chi connectivity index (χ4n) is 5.00. The Bertz CT molecular complexity index is 876. The van der Waals surface area contributed by atoms with E-state index in [9.17, 15) is 14.4 Å². The molecule has 10 heteroatoms. The summed E-state index contributed by atoms with van der Waals surface area (Å²) in [6, 6.07) is 2.73. The molecule has 2 amide bonds. The summed E-state index contributed by atoms with van der Waals surface area (Å²) < 4.78 is 0. The highest BCUT2D eigenvalue weighted by Crippen LogP contribution is 2.31. The summed E-state index contributed by atoms with van der Waals surface area (Å²) in [7, 11) is 0. The van der Waals surface area contributed by atoms with E-state index in [1.54, 1.807) is 18.3 Å². The molecule has 0 bridgehead atoms. The average Bonchev–Trinajstić information content (AvgIpc) is 3.30. The normalized spacial score (nSPS) is 18.7. The van der Waals surface area contributed by atoms with Gasteiger partial charge in [0.05, 0.1) is 12.6 Å². The summed E-state index contributed by atoms with van der Waals surface area (Å²) in [6.07, 6.45) is 10.4. The van der Waals surface area contributed by atoms with E-state index in [-0.39, 0.29) is 30.7 Å². The van der Waals surface area contributed by atoms with Crippen LogP contribution in [-0.2, 0) is 20.9 Å². The van der Waals surface area contributed by atoms with Crippen LogP contribution in [0.1, 0.15) is 75.5 Å². The van der Waals surface area contributed by atoms with E-state index < -0.39 is 17.6 Å². The minimum atomic E-state index is -1.01. The van der Waals surface area contributed by atoms with Gasteiger partial charge >= 0.3 is 5.97 Å². The molecule has 186 valence electrons. The SMILES string of the molecule is N=C(N)c1ccc(CNC(=O)C2(NC(=O)[C@@H](CC3CCCCC3)NCC(=O)O)CCCC2)cn1. The number of pyridine rings is 1. The fourth-order valence-corrected chi connectivity index (χ4v) is 5.00.